The number of carbonyl (C=O) groups is 1. The van der Waals surface area contributed by atoms with Gasteiger partial charge in [-0.05, 0) is 19.9 Å². The predicted octanol–water partition coefficient (Wildman–Crippen LogP) is 3.25. The van der Waals surface area contributed by atoms with E-state index in [2.05, 4.69) is 0 Å². The van der Waals surface area contributed by atoms with Gasteiger partial charge in [0.1, 0.15) is 0 Å². The first-order valence-corrected chi connectivity index (χ1v) is 6.76. The molecule has 0 fully saturated rings. The molecule has 0 aliphatic heterocycles. The number of hydrogen-bond acceptors (Lipinski definition) is 3. The van der Waals surface area contributed by atoms with Crippen molar-refractivity contribution in [3.8, 4) is 0 Å². The third-order valence-corrected chi connectivity index (χ3v) is 2.87. The molecule has 0 spiro atoms. The van der Waals surface area contributed by atoms with Crippen molar-refractivity contribution in [2.45, 2.75) is 20.3 Å². The molecule has 0 bridgehead atoms. The molecule has 4 heteroatoms. The lowest BCUT2D eigenvalue weighted by Crippen LogP contribution is -2.15. The summed E-state index contributed by atoms with van der Waals surface area (Å²) in [5.74, 6) is -0.00361. The third-order valence-electron chi connectivity index (χ3n) is 2.87. The Bertz CT molecular complexity index is 542. The van der Waals surface area contributed by atoms with Gasteiger partial charge < -0.3 is 14.0 Å². The van der Waals surface area contributed by atoms with Gasteiger partial charge in [-0.15, -0.1) is 0 Å². The number of ether oxygens (including phenoxy) is 2. The van der Waals surface area contributed by atoms with Crippen LogP contribution < -0.4 is 0 Å². The van der Waals surface area contributed by atoms with Crippen LogP contribution in [0.4, 0.5) is 0 Å². The van der Waals surface area contributed by atoms with Gasteiger partial charge in [0.2, 0.25) is 6.41 Å². The minimum Gasteiger partial charge on any atom is -0.335 e. The molecule has 4 nitrogen and oxygen atoms in total. The van der Waals surface area contributed by atoms with Crippen LogP contribution in [0.1, 0.15) is 36.2 Å². The van der Waals surface area contributed by atoms with Gasteiger partial charge in [0.05, 0.1) is 0 Å². The van der Waals surface area contributed by atoms with Crippen LogP contribution >= 0.6 is 0 Å². The highest BCUT2D eigenvalue weighted by molar-refractivity contribution is 6.08. The molecular weight excluding hydrogens is 254 g/mol. The van der Waals surface area contributed by atoms with Crippen molar-refractivity contribution < 1.29 is 14.3 Å². The van der Waals surface area contributed by atoms with Crippen LogP contribution in [0.3, 0.4) is 0 Å². The minimum absolute atomic E-state index is 0.00361. The van der Waals surface area contributed by atoms with Gasteiger partial charge in [-0.3, -0.25) is 4.79 Å². The summed E-state index contributed by atoms with van der Waals surface area (Å²) in [4.78, 5) is 12.3. The maximum Gasteiger partial charge on any atom is 0.243 e. The van der Waals surface area contributed by atoms with Crippen LogP contribution in [0.2, 0.25) is 0 Å². The molecule has 0 saturated carbocycles. The van der Waals surface area contributed by atoms with E-state index >= 15 is 0 Å². The fourth-order valence-corrected chi connectivity index (χ4v) is 1.94. The molecule has 1 aromatic carbocycles. The van der Waals surface area contributed by atoms with Gasteiger partial charge in [0, 0.05) is 36.7 Å². The number of rotatable bonds is 7. The SMILES string of the molecule is CCOC(OCC)n1ccc(C(=O)c2ccccc2)c1. The van der Waals surface area contributed by atoms with Crippen molar-refractivity contribution in [1.82, 2.24) is 4.57 Å². The molecule has 2 aromatic rings. The Morgan fingerprint density at radius 3 is 2.30 bits per heavy atom. The molecule has 0 aliphatic rings. The Hall–Kier alpha value is -1.91. The quantitative estimate of drug-likeness (QED) is 0.574. The van der Waals surface area contributed by atoms with Gasteiger partial charge >= 0.3 is 0 Å². The van der Waals surface area contributed by atoms with Crippen molar-refractivity contribution in [1.29, 1.82) is 0 Å². The molecule has 20 heavy (non-hydrogen) atoms. The van der Waals surface area contributed by atoms with E-state index in [4.69, 9.17) is 9.47 Å². The normalized spacial score (nSPS) is 10.9. The third kappa shape index (κ3) is 3.35. The van der Waals surface area contributed by atoms with Crippen molar-refractivity contribution in [3.05, 3.63) is 59.9 Å². The van der Waals surface area contributed by atoms with E-state index in [9.17, 15) is 4.79 Å². The van der Waals surface area contributed by atoms with E-state index in [-0.39, 0.29) is 5.78 Å². The van der Waals surface area contributed by atoms with E-state index in [0.29, 0.717) is 24.3 Å². The van der Waals surface area contributed by atoms with Crippen molar-refractivity contribution >= 4 is 5.78 Å². The molecule has 106 valence electrons. The van der Waals surface area contributed by atoms with E-state index in [0.717, 1.165) is 0 Å². The number of nitrogens with zero attached hydrogens (tertiary/aromatic N) is 1. The molecular formula is C16H19NO3. The number of hydrogen-bond donors (Lipinski definition) is 0. The zero-order valence-electron chi connectivity index (χ0n) is 11.8. The summed E-state index contributed by atoms with van der Waals surface area (Å²) in [5.41, 5.74) is 1.30. The topological polar surface area (TPSA) is 40.5 Å². The van der Waals surface area contributed by atoms with Gasteiger partial charge in [0.25, 0.3) is 0 Å². The monoisotopic (exact) mass is 273 g/mol. The molecule has 1 heterocycles. The predicted molar refractivity (Wildman–Crippen MR) is 76.6 cm³/mol. The zero-order chi connectivity index (χ0) is 14.4. The van der Waals surface area contributed by atoms with E-state index < -0.39 is 6.41 Å². The van der Waals surface area contributed by atoms with Crippen LogP contribution in [0, 0.1) is 0 Å². The standard InChI is InChI=1S/C16H19NO3/c1-3-19-16(20-4-2)17-11-10-14(12-17)15(18)13-8-6-5-7-9-13/h5-12,16H,3-4H2,1-2H3. The number of aromatic nitrogens is 1. The number of carbonyl (C=O) groups excluding carboxylic acids is 1. The molecule has 0 N–H and O–H groups in total. The summed E-state index contributed by atoms with van der Waals surface area (Å²) in [6.07, 6.45) is 3.07. The van der Waals surface area contributed by atoms with Crippen molar-refractivity contribution in [3.63, 3.8) is 0 Å². The number of benzene rings is 1. The summed E-state index contributed by atoms with van der Waals surface area (Å²) >= 11 is 0. The Morgan fingerprint density at radius 2 is 1.70 bits per heavy atom. The molecule has 0 saturated heterocycles. The summed E-state index contributed by atoms with van der Waals surface area (Å²) in [6, 6.07) is 11.0. The van der Waals surface area contributed by atoms with Crippen molar-refractivity contribution in [2.75, 3.05) is 13.2 Å². The molecule has 0 radical (unpaired) electrons. The minimum atomic E-state index is -0.484. The van der Waals surface area contributed by atoms with Gasteiger partial charge in [-0.25, -0.2) is 0 Å². The fourth-order valence-electron chi connectivity index (χ4n) is 1.94. The van der Waals surface area contributed by atoms with Crippen molar-refractivity contribution in [2.24, 2.45) is 0 Å². The molecule has 0 atom stereocenters. The highest BCUT2D eigenvalue weighted by Gasteiger charge is 2.14. The second-order valence-electron chi connectivity index (χ2n) is 4.26. The summed E-state index contributed by atoms with van der Waals surface area (Å²) in [5, 5.41) is 0. The molecule has 1 aromatic heterocycles. The maximum absolute atomic E-state index is 12.3. The lowest BCUT2D eigenvalue weighted by Gasteiger charge is -2.18. The Kier molecular flexibility index (Phi) is 5.09. The van der Waals surface area contributed by atoms with E-state index in [1.807, 2.05) is 44.2 Å². The molecule has 0 aliphatic carbocycles. The highest BCUT2D eigenvalue weighted by Crippen LogP contribution is 2.16. The van der Waals surface area contributed by atoms with E-state index in [1.165, 1.54) is 0 Å². The second kappa shape index (κ2) is 7.03. The first-order valence-electron chi connectivity index (χ1n) is 6.76. The molecule has 2 rings (SSSR count). The fraction of sp³-hybridized carbons (Fsp3) is 0.312. The zero-order valence-corrected chi connectivity index (χ0v) is 11.8. The van der Waals surface area contributed by atoms with Gasteiger partial charge in [-0.1, -0.05) is 30.3 Å². The average molecular weight is 273 g/mol. The first kappa shape index (κ1) is 14.5. The van der Waals surface area contributed by atoms with Crippen LogP contribution in [0.15, 0.2) is 48.8 Å². The summed E-state index contributed by atoms with van der Waals surface area (Å²) < 4.78 is 12.8. The second-order valence-corrected chi connectivity index (χ2v) is 4.26. The summed E-state index contributed by atoms with van der Waals surface area (Å²) in [6.45, 7) is 4.91. The lowest BCUT2D eigenvalue weighted by molar-refractivity contribution is -0.185. The van der Waals surface area contributed by atoms with Crippen LogP contribution in [-0.2, 0) is 9.47 Å². The highest BCUT2D eigenvalue weighted by atomic mass is 16.7. The number of ketones is 1. The Morgan fingerprint density at radius 1 is 1.05 bits per heavy atom. The van der Waals surface area contributed by atoms with Gasteiger partial charge in [-0.2, -0.15) is 0 Å². The largest absolute Gasteiger partial charge is 0.335 e. The Labute approximate surface area is 118 Å². The van der Waals surface area contributed by atoms with E-state index in [1.54, 1.807) is 23.0 Å². The first-order chi connectivity index (χ1) is 9.76. The molecule has 0 unspecified atom stereocenters. The maximum atomic E-state index is 12.3. The van der Waals surface area contributed by atoms with Crippen LogP contribution in [-0.4, -0.2) is 23.6 Å². The lowest BCUT2D eigenvalue weighted by atomic mass is 10.1. The van der Waals surface area contributed by atoms with Crippen LogP contribution in [0.25, 0.3) is 0 Å². The Balaban J connectivity index is 2.17. The molecule has 0 amide bonds. The smallest absolute Gasteiger partial charge is 0.243 e. The average Bonchev–Trinajstić information content (AvgIpc) is 2.97. The van der Waals surface area contributed by atoms with Crippen LogP contribution in [0.5, 0.6) is 0 Å². The summed E-state index contributed by atoms with van der Waals surface area (Å²) in [7, 11) is 0. The van der Waals surface area contributed by atoms with Gasteiger partial charge in [0.15, 0.2) is 5.78 Å².